The standard InChI is InChI=1S/C75H128O6/c1-4-7-10-13-16-19-22-24-26-28-30-32-33-34-35-36-37-38-39-40-41-43-44-46-48-50-53-56-59-62-65-68-74(77)80-71-72(70-79-73(76)67-64-61-58-55-52-21-18-15-12-9-6-3)81-75(78)69-66-63-60-57-54-51-49-47-45-42-31-29-27-25-23-20-17-14-11-8-5-2/h8,11,15,17-18,20,22,24-25,27-28,30-31,42,47,49,54,57,72H,4-7,9-10,12-14,16,19,21,23,26,29,32-41,43-46,48,50-53,55-56,58-71H2,1-3H3/b11-8-,18-15-,20-17-,24-22-,27-25-,30-28-,42-31-,49-47-,57-54-. The summed E-state index contributed by atoms with van der Waals surface area (Å²) in [6.07, 6.45) is 94.1. The summed E-state index contributed by atoms with van der Waals surface area (Å²) < 4.78 is 16.9. The monoisotopic (exact) mass is 1120 g/mol. The third-order valence-corrected chi connectivity index (χ3v) is 14.7. The summed E-state index contributed by atoms with van der Waals surface area (Å²) in [4.78, 5) is 38.3. The normalized spacial score (nSPS) is 12.8. The minimum atomic E-state index is -0.806. The Hall–Kier alpha value is -3.93. The van der Waals surface area contributed by atoms with Gasteiger partial charge in [0.2, 0.25) is 0 Å². The molecule has 0 saturated carbocycles. The number of allylic oxidation sites excluding steroid dienone is 18. The van der Waals surface area contributed by atoms with Crippen LogP contribution in [0.25, 0.3) is 0 Å². The minimum Gasteiger partial charge on any atom is -0.462 e. The molecule has 6 heteroatoms. The van der Waals surface area contributed by atoms with Crippen molar-refractivity contribution in [3.8, 4) is 0 Å². The van der Waals surface area contributed by atoms with E-state index in [2.05, 4.69) is 130 Å². The number of esters is 3. The van der Waals surface area contributed by atoms with Crippen LogP contribution < -0.4 is 0 Å². The third-order valence-electron chi connectivity index (χ3n) is 14.7. The number of rotatable bonds is 62. The molecule has 0 aromatic heterocycles. The maximum Gasteiger partial charge on any atom is 0.306 e. The maximum absolute atomic E-state index is 12.9. The molecule has 0 amide bonds. The van der Waals surface area contributed by atoms with E-state index in [4.69, 9.17) is 14.2 Å². The van der Waals surface area contributed by atoms with Gasteiger partial charge in [-0.1, -0.05) is 297 Å². The quantitative estimate of drug-likeness (QED) is 0.0261. The second-order valence-electron chi connectivity index (χ2n) is 22.7. The molecule has 0 rings (SSSR count). The average Bonchev–Trinajstić information content (AvgIpc) is 3.47. The second-order valence-corrected chi connectivity index (χ2v) is 22.7. The topological polar surface area (TPSA) is 78.9 Å². The van der Waals surface area contributed by atoms with Crippen molar-refractivity contribution in [1.82, 2.24) is 0 Å². The number of carbonyl (C=O) groups excluding carboxylic acids is 3. The van der Waals surface area contributed by atoms with Crippen LogP contribution in [0.5, 0.6) is 0 Å². The van der Waals surface area contributed by atoms with Gasteiger partial charge < -0.3 is 14.2 Å². The summed E-state index contributed by atoms with van der Waals surface area (Å²) in [5.74, 6) is -0.942. The van der Waals surface area contributed by atoms with Crippen molar-refractivity contribution in [2.24, 2.45) is 0 Å². The Bertz CT molecular complexity index is 1620. The molecule has 0 fully saturated rings. The Kier molecular flexibility index (Phi) is 65.2. The van der Waals surface area contributed by atoms with Gasteiger partial charge in [-0.25, -0.2) is 0 Å². The Morgan fingerprint density at radius 3 is 0.827 bits per heavy atom. The lowest BCUT2D eigenvalue weighted by atomic mass is 10.0. The van der Waals surface area contributed by atoms with Crippen LogP contribution in [0.15, 0.2) is 109 Å². The average molecular weight is 1130 g/mol. The van der Waals surface area contributed by atoms with Crippen molar-refractivity contribution in [3.05, 3.63) is 109 Å². The SMILES string of the molecule is CC/C=C\C/C=C\C/C=C\C/C=C\C/C=C\C/C=C\CCCCC(=O)OC(COC(=O)CCCCCCC/C=C\CCCC)COC(=O)CCCCCCCCCCCCCCCCCCCCC/C=C\C/C=C\CCCCCCC. The molecule has 0 aromatic carbocycles. The molecule has 1 atom stereocenters. The van der Waals surface area contributed by atoms with Crippen molar-refractivity contribution >= 4 is 17.9 Å². The molecule has 0 N–H and O–H groups in total. The summed E-state index contributed by atoms with van der Waals surface area (Å²) in [6, 6.07) is 0. The summed E-state index contributed by atoms with van der Waals surface area (Å²) >= 11 is 0. The molecule has 464 valence electrons. The first kappa shape index (κ1) is 77.1. The highest BCUT2D eigenvalue weighted by Crippen LogP contribution is 2.17. The predicted octanol–water partition coefficient (Wildman–Crippen LogP) is 23.8. The van der Waals surface area contributed by atoms with Crippen molar-refractivity contribution in [3.63, 3.8) is 0 Å². The molecule has 81 heavy (non-hydrogen) atoms. The Morgan fingerprint density at radius 1 is 0.259 bits per heavy atom. The first-order chi connectivity index (χ1) is 40.0. The molecule has 0 aliphatic carbocycles. The molecule has 0 aromatic rings. The van der Waals surface area contributed by atoms with Gasteiger partial charge >= 0.3 is 17.9 Å². The minimum absolute atomic E-state index is 0.0971. The van der Waals surface area contributed by atoms with Crippen LogP contribution in [0, 0.1) is 0 Å². The Labute approximate surface area is 501 Å². The fraction of sp³-hybridized carbons (Fsp3) is 0.720. The summed E-state index contributed by atoms with van der Waals surface area (Å²) in [5.41, 5.74) is 0. The molecule has 0 bridgehead atoms. The molecule has 0 radical (unpaired) electrons. The molecule has 1 unspecified atom stereocenters. The van der Waals surface area contributed by atoms with E-state index in [-0.39, 0.29) is 37.5 Å². The molecule has 0 heterocycles. The van der Waals surface area contributed by atoms with Crippen LogP contribution in [0.2, 0.25) is 0 Å². The van der Waals surface area contributed by atoms with Crippen molar-refractivity contribution in [2.75, 3.05) is 13.2 Å². The fourth-order valence-electron chi connectivity index (χ4n) is 9.58. The molecule has 0 aliphatic heterocycles. The zero-order valence-electron chi connectivity index (χ0n) is 53.3. The maximum atomic E-state index is 12.9. The van der Waals surface area contributed by atoms with E-state index in [1.54, 1.807) is 0 Å². The lowest BCUT2D eigenvalue weighted by molar-refractivity contribution is -0.167. The van der Waals surface area contributed by atoms with Gasteiger partial charge in [-0.15, -0.1) is 0 Å². The summed E-state index contributed by atoms with van der Waals surface area (Å²) in [7, 11) is 0. The zero-order valence-corrected chi connectivity index (χ0v) is 53.3. The summed E-state index contributed by atoms with van der Waals surface area (Å²) in [6.45, 7) is 6.46. The van der Waals surface area contributed by atoms with Gasteiger partial charge in [-0.05, 0) is 122 Å². The van der Waals surface area contributed by atoms with Crippen LogP contribution in [0.4, 0.5) is 0 Å². The van der Waals surface area contributed by atoms with E-state index >= 15 is 0 Å². The van der Waals surface area contributed by atoms with Crippen molar-refractivity contribution in [2.45, 2.75) is 335 Å². The third kappa shape index (κ3) is 66.8. The van der Waals surface area contributed by atoms with E-state index < -0.39 is 6.10 Å². The smallest absolute Gasteiger partial charge is 0.306 e. The number of carbonyl (C=O) groups is 3. The molecule has 0 aliphatic rings. The molecule has 0 spiro atoms. The molecule has 0 saturated heterocycles. The largest absolute Gasteiger partial charge is 0.462 e. The lowest BCUT2D eigenvalue weighted by Gasteiger charge is -2.18. The number of unbranched alkanes of at least 4 members (excludes halogenated alkanes) is 33. The predicted molar refractivity (Wildman–Crippen MR) is 353 cm³/mol. The van der Waals surface area contributed by atoms with Gasteiger partial charge in [0, 0.05) is 19.3 Å². The molecule has 6 nitrogen and oxygen atoms in total. The fourth-order valence-corrected chi connectivity index (χ4v) is 9.58. The van der Waals surface area contributed by atoms with E-state index in [1.807, 2.05) is 0 Å². The van der Waals surface area contributed by atoms with E-state index in [0.29, 0.717) is 19.3 Å². The van der Waals surface area contributed by atoms with E-state index in [9.17, 15) is 14.4 Å². The van der Waals surface area contributed by atoms with Crippen molar-refractivity contribution < 1.29 is 28.6 Å². The van der Waals surface area contributed by atoms with Gasteiger partial charge in [0.05, 0.1) is 0 Å². The molecular weight excluding hydrogens is 997 g/mol. The molecular formula is C75H128O6. The van der Waals surface area contributed by atoms with Crippen LogP contribution in [0.3, 0.4) is 0 Å². The zero-order chi connectivity index (χ0) is 58.5. The Morgan fingerprint density at radius 2 is 0.494 bits per heavy atom. The van der Waals surface area contributed by atoms with E-state index in [0.717, 1.165) is 109 Å². The van der Waals surface area contributed by atoms with Gasteiger partial charge in [-0.3, -0.25) is 14.4 Å². The summed E-state index contributed by atoms with van der Waals surface area (Å²) in [5, 5.41) is 0. The van der Waals surface area contributed by atoms with E-state index in [1.165, 1.54) is 173 Å². The van der Waals surface area contributed by atoms with Crippen LogP contribution in [-0.2, 0) is 28.6 Å². The number of hydrogen-bond donors (Lipinski definition) is 0. The highest BCUT2D eigenvalue weighted by atomic mass is 16.6. The van der Waals surface area contributed by atoms with Crippen molar-refractivity contribution in [1.29, 1.82) is 0 Å². The van der Waals surface area contributed by atoms with Gasteiger partial charge in [0.25, 0.3) is 0 Å². The lowest BCUT2D eigenvalue weighted by Crippen LogP contribution is -2.30. The van der Waals surface area contributed by atoms with Crippen LogP contribution in [-0.4, -0.2) is 37.2 Å². The number of ether oxygens (including phenoxy) is 3. The number of hydrogen-bond acceptors (Lipinski definition) is 6. The second kappa shape index (κ2) is 68.6. The highest BCUT2D eigenvalue weighted by molar-refractivity contribution is 5.71. The highest BCUT2D eigenvalue weighted by Gasteiger charge is 2.19. The van der Waals surface area contributed by atoms with Gasteiger partial charge in [0.15, 0.2) is 6.10 Å². The Balaban J connectivity index is 4.23. The van der Waals surface area contributed by atoms with Crippen LogP contribution in [0.1, 0.15) is 329 Å². The van der Waals surface area contributed by atoms with Gasteiger partial charge in [0.1, 0.15) is 13.2 Å². The first-order valence-electron chi connectivity index (χ1n) is 34.4. The first-order valence-corrected chi connectivity index (χ1v) is 34.4. The van der Waals surface area contributed by atoms with Gasteiger partial charge in [-0.2, -0.15) is 0 Å². The van der Waals surface area contributed by atoms with Crippen LogP contribution >= 0.6 is 0 Å².